The third-order valence-corrected chi connectivity index (χ3v) is 4.02. The minimum atomic E-state index is 0.862. The van der Waals surface area contributed by atoms with Crippen LogP contribution in [0.3, 0.4) is 0 Å². The van der Waals surface area contributed by atoms with Gasteiger partial charge in [0.2, 0.25) is 0 Å². The second-order valence-electron chi connectivity index (χ2n) is 6.08. The van der Waals surface area contributed by atoms with Gasteiger partial charge in [-0.2, -0.15) is 0 Å². The van der Waals surface area contributed by atoms with Gasteiger partial charge in [0, 0.05) is 31.9 Å². The number of rotatable bonds is 8. The first-order chi connectivity index (χ1) is 9.35. The molecule has 19 heavy (non-hydrogen) atoms. The Morgan fingerprint density at radius 3 is 2.84 bits per heavy atom. The van der Waals surface area contributed by atoms with Crippen molar-refractivity contribution in [1.82, 2.24) is 9.88 Å². The van der Waals surface area contributed by atoms with Gasteiger partial charge in [0.15, 0.2) is 0 Å². The second-order valence-corrected chi connectivity index (χ2v) is 6.08. The number of aromatic nitrogens is 1. The van der Waals surface area contributed by atoms with E-state index in [-0.39, 0.29) is 0 Å². The fraction of sp³-hybridized carbons (Fsp3) is 0.688. The lowest BCUT2D eigenvalue weighted by Gasteiger charge is -2.22. The molecule has 1 heterocycles. The second kappa shape index (κ2) is 5.91. The first-order valence-corrected chi connectivity index (χ1v) is 7.78. The number of nitrogens with zero attached hydrogens (tertiary/aromatic N) is 2. The van der Waals surface area contributed by atoms with Crippen molar-refractivity contribution in [2.75, 3.05) is 18.4 Å². The van der Waals surface area contributed by atoms with E-state index in [0.717, 1.165) is 37.3 Å². The SMILES string of the molecule is CCCNc1cc(CN(CC2CC2)C2CC2)ccn1. The van der Waals surface area contributed by atoms with Crippen LogP contribution in [0, 0.1) is 5.92 Å². The van der Waals surface area contributed by atoms with Gasteiger partial charge in [0.25, 0.3) is 0 Å². The van der Waals surface area contributed by atoms with E-state index in [1.54, 1.807) is 0 Å². The number of anilines is 1. The average Bonchev–Trinajstić information content (AvgIpc) is 3.28. The molecular formula is C16H25N3. The molecule has 3 nitrogen and oxygen atoms in total. The normalized spacial score (nSPS) is 18.8. The van der Waals surface area contributed by atoms with Crippen LogP contribution in [0.15, 0.2) is 18.3 Å². The van der Waals surface area contributed by atoms with Gasteiger partial charge < -0.3 is 5.32 Å². The molecule has 2 aliphatic rings. The highest BCUT2D eigenvalue weighted by molar-refractivity contribution is 5.37. The lowest BCUT2D eigenvalue weighted by Crippen LogP contribution is -2.27. The van der Waals surface area contributed by atoms with E-state index in [1.807, 2.05) is 6.20 Å². The Morgan fingerprint density at radius 1 is 1.32 bits per heavy atom. The molecular weight excluding hydrogens is 234 g/mol. The van der Waals surface area contributed by atoms with E-state index in [1.165, 1.54) is 37.8 Å². The van der Waals surface area contributed by atoms with Crippen LogP contribution >= 0.6 is 0 Å². The summed E-state index contributed by atoms with van der Waals surface area (Å²) < 4.78 is 0. The summed E-state index contributed by atoms with van der Waals surface area (Å²) in [5, 5.41) is 3.38. The molecule has 0 amide bonds. The predicted molar refractivity (Wildman–Crippen MR) is 79.2 cm³/mol. The van der Waals surface area contributed by atoms with Gasteiger partial charge in [-0.15, -0.1) is 0 Å². The Kier molecular flexibility index (Phi) is 4.02. The van der Waals surface area contributed by atoms with Crippen LogP contribution in [-0.4, -0.2) is 29.0 Å². The van der Waals surface area contributed by atoms with Crippen LogP contribution in [0.2, 0.25) is 0 Å². The molecule has 0 unspecified atom stereocenters. The third-order valence-electron chi connectivity index (χ3n) is 4.02. The summed E-state index contributed by atoms with van der Waals surface area (Å²) >= 11 is 0. The zero-order valence-corrected chi connectivity index (χ0v) is 11.9. The van der Waals surface area contributed by atoms with Crippen molar-refractivity contribution < 1.29 is 0 Å². The maximum Gasteiger partial charge on any atom is 0.126 e. The zero-order valence-electron chi connectivity index (χ0n) is 11.9. The van der Waals surface area contributed by atoms with Crippen molar-refractivity contribution in [3.05, 3.63) is 23.9 Å². The molecule has 2 aliphatic carbocycles. The molecule has 0 radical (unpaired) electrons. The summed E-state index contributed by atoms with van der Waals surface area (Å²) in [6.07, 6.45) is 8.78. The van der Waals surface area contributed by atoms with Crippen LogP contribution in [0.5, 0.6) is 0 Å². The molecule has 3 rings (SSSR count). The highest BCUT2D eigenvalue weighted by Gasteiger charge is 2.33. The number of pyridine rings is 1. The third kappa shape index (κ3) is 3.93. The molecule has 0 spiro atoms. The molecule has 1 aromatic rings. The van der Waals surface area contributed by atoms with Crippen LogP contribution < -0.4 is 5.32 Å². The number of hydrogen-bond acceptors (Lipinski definition) is 3. The number of hydrogen-bond donors (Lipinski definition) is 1. The molecule has 3 heteroatoms. The molecule has 0 atom stereocenters. The Labute approximate surface area is 116 Å². The fourth-order valence-electron chi connectivity index (χ4n) is 2.57. The van der Waals surface area contributed by atoms with Gasteiger partial charge in [-0.25, -0.2) is 4.98 Å². The predicted octanol–water partition coefficient (Wildman–Crippen LogP) is 3.28. The summed E-state index contributed by atoms with van der Waals surface area (Å²) in [6, 6.07) is 5.25. The Bertz CT molecular complexity index is 410. The van der Waals surface area contributed by atoms with Gasteiger partial charge in [-0.3, -0.25) is 4.90 Å². The molecule has 0 aliphatic heterocycles. The van der Waals surface area contributed by atoms with Gasteiger partial charge in [0.1, 0.15) is 5.82 Å². The van der Waals surface area contributed by atoms with Gasteiger partial charge in [-0.1, -0.05) is 6.92 Å². The maximum atomic E-state index is 4.39. The van der Waals surface area contributed by atoms with Crippen molar-refractivity contribution in [3.8, 4) is 0 Å². The Morgan fingerprint density at radius 2 is 2.16 bits per heavy atom. The van der Waals surface area contributed by atoms with Crippen molar-refractivity contribution >= 4 is 5.82 Å². The first kappa shape index (κ1) is 12.9. The maximum absolute atomic E-state index is 4.39. The van der Waals surface area contributed by atoms with E-state index in [9.17, 15) is 0 Å². The smallest absolute Gasteiger partial charge is 0.126 e. The molecule has 104 valence electrons. The molecule has 1 aromatic heterocycles. The summed E-state index contributed by atoms with van der Waals surface area (Å²) in [5.41, 5.74) is 1.40. The van der Waals surface area contributed by atoms with Crippen LogP contribution in [0.4, 0.5) is 5.82 Å². The zero-order chi connectivity index (χ0) is 13.1. The lowest BCUT2D eigenvalue weighted by molar-refractivity contribution is 0.244. The molecule has 0 saturated heterocycles. The van der Waals surface area contributed by atoms with Crippen molar-refractivity contribution in [3.63, 3.8) is 0 Å². The largest absolute Gasteiger partial charge is 0.370 e. The fourth-order valence-corrected chi connectivity index (χ4v) is 2.57. The Hall–Kier alpha value is -1.09. The highest BCUT2D eigenvalue weighted by Crippen LogP contribution is 2.35. The van der Waals surface area contributed by atoms with E-state index in [2.05, 4.69) is 34.3 Å². The number of nitrogens with one attached hydrogen (secondary N) is 1. The van der Waals surface area contributed by atoms with Crippen molar-refractivity contribution in [1.29, 1.82) is 0 Å². The Balaban J connectivity index is 1.59. The van der Waals surface area contributed by atoms with Crippen LogP contribution in [-0.2, 0) is 6.54 Å². The minimum Gasteiger partial charge on any atom is -0.370 e. The van der Waals surface area contributed by atoms with Crippen molar-refractivity contribution in [2.24, 2.45) is 5.92 Å². The van der Waals surface area contributed by atoms with Crippen LogP contribution in [0.1, 0.15) is 44.6 Å². The first-order valence-electron chi connectivity index (χ1n) is 7.78. The molecule has 2 saturated carbocycles. The summed E-state index contributed by atoms with van der Waals surface area (Å²) in [4.78, 5) is 7.08. The summed E-state index contributed by atoms with van der Waals surface area (Å²) in [7, 11) is 0. The molecule has 0 aromatic carbocycles. The quantitative estimate of drug-likeness (QED) is 0.776. The van der Waals surface area contributed by atoms with E-state index < -0.39 is 0 Å². The van der Waals surface area contributed by atoms with E-state index >= 15 is 0 Å². The van der Waals surface area contributed by atoms with Crippen LogP contribution in [0.25, 0.3) is 0 Å². The van der Waals surface area contributed by atoms with E-state index in [4.69, 9.17) is 0 Å². The van der Waals surface area contributed by atoms with Gasteiger partial charge in [-0.05, 0) is 55.7 Å². The summed E-state index contributed by atoms with van der Waals surface area (Å²) in [5.74, 6) is 2.02. The molecule has 1 N–H and O–H groups in total. The summed E-state index contributed by atoms with van der Waals surface area (Å²) in [6.45, 7) is 5.60. The molecule has 0 bridgehead atoms. The topological polar surface area (TPSA) is 28.2 Å². The van der Waals surface area contributed by atoms with Crippen molar-refractivity contribution in [2.45, 2.75) is 51.6 Å². The van der Waals surface area contributed by atoms with Gasteiger partial charge >= 0.3 is 0 Å². The average molecular weight is 259 g/mol. The monoisotopic (exact) mass is 259 g/mol. The minimum absolute atomic E-state index is 0.862. The van der Waals surface area contributed by atoms with E-state index in [0.29, 0.717) is 0 Å². The highest BCUT2D eigenvalue weighted by atomic mass is 15.2. The molecule has 2 fully saturated rings. The lowest BCUT2D eigenvalue weighted by atomic mass is 10.2. The standard InChI is InChI=1S/C16H25N3/c1-2-8-17-16-10-14(7-9-18-16)12-19(15-5-6-15)11-13-3-4-13/h7,9-10,13,15H,2-6,8,11-12H2,1H3,(H,17,18). The van der Waals surface area contributed by atoms with Gasteiger partial charge in [0.05, 0.1) is 0 Å².